The molecule has 0 aromatic carbocycles. The lowest BCUT2D eigenvalue weighted by molar-refractivity contribution is -0.235. The Morgan fingerprint density at radius 3 is 1.70 bits per heavy atom. The summed E-state index contributed by atoms with van der Waals surface area (Å²) < 4.78 is 5.34. The molecule has 136 valence electrons. The summed E-state index contributed by atoms with van der Waals surface area (Å²) in [5, 5.41) is 80.1. The largest absolute Gasteiger partial charge is 0.395 e. The highest BCUT2D eigenvalue weighted by atomic mass is 16.5. The number of aliphatic hydroxyl groups excluding tert-OH is 8. The van der Waals surface area contributed by atoms with E-state index < -0.39 is 74.1 Å². The van der Waals surface area contributed by atoms with Gasteiger partial charge in [-0.05, 0) is 6.42 Å². The topological polar surface area (TPSA) is 183 Å². The number of hydrogen-bond donors (Lipinski definition) is 9. The van der Waals surface area contributed by atoms with Crippen molar-refractivity contribution in [1.82, 2.24) is 5.32 Å². The molecule has 0 radical (unpaired) electrons. The first-order chi connectivity index (χ1) is 10.8. The van der Waals surface area contributed by atoms with E-state index in [1.165, 1.54) is 0 Å². The predicted octanol–water partition coefficient (Wildman–Crippen LogP) is -5.37. The van der Waals surface area contributed by atoms with E-state index in [0.717, 1.165) is 0 Å². The van der Waals surface area contributed by atoms with E-state index in [1.807, 2.05) is 0 Å². The van der Waals surface area contributed by atoms with Crippen LogP contribution < -0.4 is 5.32 Å². The molecule has 0 aromatic rings. The van der Waals surface area contributed by atoms with Gasteiger partial charge < -0.3 is 50.9 Å². The number of piperidine rings is 1. The van der Waals surface area contributed by atoms with Crippen LogP contribution in [0.4, 0.5) is 0 Å². The summed E-state index contributed by atoms with van der Waals surface area (Å²) in [6.45, 7) is -1.04. The lowest BCUT2D eigenvalue weighted by Crippen LogP contribution is -2.67. The molecule has 23 heavy (non-hydrogen) atoms. The molecule has 2 aliphatic rings. The molecule has 1 unspecified atom stereocenters. The van der Waals surface area contributed by atoms with Gasteiger partial charge in [0.1, 0.15) is 30.5 Å². The van der Waals surface area contributed by atoms with Crippen molar-refractivity contribution in [2.45, 2.75) is 67.3 Å². The van der Waals surface area contributed by atoms with Crippen molar-refractivity contribution in [2.24, 2.45) is 0 Å². The first-order valence-corrected chi connectivity index (χ1v) is 7.53. The van der Waals surface area contributed by atoms with Gasteiger partial charge in [-0.3, -0.25) is 0 Å². The van der Waals surface area contributed by atoms with Gasteiger partial charge in [-0.25, -0.2) is 0 Å². The maximum atomic E-state index is 10.0. The van der Waals surface area contributed by atoms with Crippen molar-refractivity contribution in [1.29, 1.82) is 0 Å². The van der Waals surface area contributed by atoms with Crippen LogP contribution in [0.25, 0.3) is 0 Å². The summed E-state index contributed by atoms with van der Waals surface area (Å²) in [7, 11) is 0. The van der Waals surface area contributed by atoms with Crippen LogP contribution in [0.1, 0.15) is 6.42 Å². The van der Waals surface area contributed by atoms with Crippen LogP contribution in [0.15, 0.2) is 0 Å². The van der Waals surface area contributed by atoms with E-state index in [1.54, 1.807) is 0 Å². The second-order valence-electron chi connectivity index (χ2n) is 6.14. The zero-order chi connectivity index (χ0) is 17.3. The maximum Gasteiger partial charge on any atom is 0.111 e. The zero-order valence-corrected chi connectivity index (χ0v) is 12.4. The third-order valence-corrected chi connectivity index (χ3v) is 4.63. The van der Waals surface area contributed by atoms with E-state index in [4.69, 9.17) is 9.84 Å². The van der Waals surface area contributed by atoms with E-state index in [-0.39, 0.29) is 6.42 Å². The molecule has 2 rings (SSSR count). The monoisotopic (exact) mass is 339 g/mol. The van der Waals surface area contributed by atoms with Gasteiger partial charge >= 0.3 is 0 Å². The molecule has 0 bridgehead atoms. The van der Waals surface area contributed by atoms with Crippen LogP contribution in [0.2, 0.25) is 0 Å². The van der Waals surface area contributed by atoms with Gasteiger partial charge in [-0.2, -0.15) is 0 Å². The molecule has 10 nitrogen and oxygen atoms in total. The second kappa shape index (κ2) is 7.66. The highest BCUT2D eigenvalue weighted by Crippen LogP contribution is 2.27. The molecular formula is C13H25NO9. The number of hydrogen-bond acceptors (Lipinski definition) is 10. The summed E-state index contributed by atoms with van der Waals surface area (Å²) in [6.07, 6.45) is -10.9. The van der Waals surface area contributed by atoms with Gasteiger partial charge in [-0.1, -0.05) is 0 Å². The van der Waals surface area contributed by atoms with Crippen LogP contribution in [0.5, 0.6) is 0 Å². The van der Waals surface area contributed by atoms with Crippen LogP contribution in [0, 0.1) is 0 Å². The number of rotatable bonds is 4. The summed E-state index contributed by atoms with van der Waals surface area (Å²) in [5.74, 6) is 0. The number of nitrogens with one attached hydrogen (secondary N) is 1. The van der Waals surface area contributed by atoms with Gasteiger partial charge in [0, 0.05) is 6.04 Å². The Labute approximate surface area is 132 Å². The molecule has 0 aromatic heterocycles. The van der Waals surface area contributed by atoms with E-state index in [2.05, 4.69) is 5.32 Å². The molecule has 2 fully saturated rings. The van der Waals surface area contributed by atoms with Crippen LogP contribution in [-0.4, -0.2) is 115 Å². The van der Waals surface area contributed by atoms with Crippen LogP contribution >= 0.6 is 0 Å². The van der Waals surface area contributed by atoms with Gasteiger partial charge in [0.2, 0.25) is 0 Å². The SMILES string of the molecule is OC[C@@H]1O[C@@H](CC2N[C@H](CO)[C@H](O)[C@H](O)[C@H]2O)[C@H](O)[C@H](O)[C@H]1O. The lowest BCUT2D eigenvalue weighted by Gasteiger charge is -2.45. The Bertz CT molecular complexity index is 348. The lowest BCUT2D eigenvalue weighted by atomic mass is 9.85. The average Bonchev–Trinajstić information content (AvgIpc) is 2.55. The Hall–Kier alpha value is -0.400. The summed E-state index contributed by atoms with van der Waals surface area (Å²) >= 11 is 0. The zero-order valence-electron chi connectivity index (χ0n) is 12.4. The van der Waals surface area contributed by atoms with Crippen LogP contribution in [-0.2, 0) is 4.74 Å². The normalized spacial score (nSPS) is 51.7. The van der Waals surface area contributed by atoms with Gasteiger partial charge in [0.15, 0.2) is 0 Å². The van der Waals surface area contributed by atoms with Gasteiger partial charge in [0.05, 0.1) is 37.6 Å². The minimum absolute atomic E-state index is 0.0805. The molecule has 0 aliphatic carbocycles. The molecule has 0 spiro atoms. The quantitative estimate of drug-likeness (QED) is 0.240. The van der Waals surface area contributed by atoms with E-state index in [0.29, 0.717) is 0 Å². The fraction of sp³-hybridized carbons (Fsp3) is 1.00. The van der Waals surface area contributed by atoms with Crippen molar-refractivity contribution in [3.63, 3.8) is 0 Å². The second-order valence-corrected chi connectivity index (χ2v) is 6.14. The summed E-state index contributed by atoms with van der Waals surface area (Å²) in [4.78, 5) is 0. The predicted molar refractivity (Wildman–Crippen MR) is 74.2 cm³/mol. The fourth-order valence-electron chi connectivity index (χ4n) is 3.14. The molecular weight excluding hydrogens is 314 g/mol. The van der Waals surface area contributed by atoms with E-state index >= 15 is 0 Å². The maximum absolute atomic E-state index is 10.0. The number of aliphatic hydroxyl groups is 8. The molecule has 10 heteroatoms. The highest BCUT2D eigenvalue weighted by Gasteiger charge is 2.47. The van der Waals surface area contributed by atoms with Crippen molar-refractivity contribution in [3.8, 4) is 0 Å². The average molecular weight is 339 g/mol. The molecule has 2 heterocycles. The molecule has 10 atom stereocenters. The molecule has 2 aliphatic heterocycles. The minimum Gasteiger partial charge on any atom is -0.395 e. The highest BCUT2D eigenvalue weighted by molar-refractivity contribution is 5.01. The molecule has 9 N–H and O–H groups in total. The first kappa shape index (κ1) is 18.9. The van der Waals surface area contributed by atoms with Crippen molar-refractivity contribution < 1.29 is 45.6 Å². The van der Waals surface area contributed by atoms with Gasteiger partial charge in [-0.15, -0.1) is 0 Å². The van der Waals surface area contributed by atoms with E-state index in [9.17, 15) is 35.7 Å². The van der Waals surface area contributed by atoms with Crippen molar-refractivity contribution in [3.05, 3.63) is 0 Å². The number of ether oxygens (including phenoxy) is 1. The molecule has 2 saturated heterocycles. The first-order valence-electron chi connectivity index (χ1n) is 7.53. The molecule has 0 amide bonds. The summed E-state index contributed by atoms with van der Waals surface area (Å²) in [6, 6.07) is -1.71. The fourth-order valence-corrected chi connectivity index (χ4v) is 3.14. The minimum atomic E-state index is -1.53. The Morgan fingerprint density at radius 1 is 0.609 bits per heavy atom. The van der Waals surface area contributed by atoms with Crippen LogP contribution in [0.3, 0.4) is 0 Å². The smallest absolute Gasteiger partial charge is 0.111 e. The Balaban J connectivity index is 2.07. The third kappa shape index (κ3) is 3.66. The van der Waals surface area contributed by atoms with Crippen molar-refractivity contribution in [2.75, 3.05) is 13.2 Å². The standard InChI is InChI=1S/C13H25NO9/c15-2-5-9(18)12(21)8(17)4(14-5)1-6-10(19)13(22)11(20)7(3-16)23-6/h4-22H,1-3H2/t4?,5-,6+,7+,8+,9+,10+,11+,12-,13+/m1/s1. The van der Waals surface area contributed by atoms with Gasteiger partial charge in [0.25, 0.3) is 0 Å². The Morgan fingerprint density at radius 2 is 1.13 bits per heavy atom. The Kier molecular flexibility index (Phi) is 6.30. The van der Waals surface area contributed by atoms with Crippen molar-refractivity contribution >= 4 is 0 Å². The summed E-state index contributed by atoms with van der Waals surface area (Å²) in [5.41, 5.74) is 0. The third-order valence-electron chi connectivity index (χ3n) is 4.63. The molecule has 0 saturated carbocycles.